The van der Waals surface area contributed by atoms with Gasteiger partial charge in [-0.2, -0.15) is 0 Å². The lowest BCUT2D eigenvalue weighted by Crippen LogP contribution is -2.37. The van der Waals surface area contributed by atoms with Crippen LogP contribution < -0.4 is 11.1 Å². The van der Waals surface area contributed by atoms with E-state index in [0.29, 0.717) is 23.9 Å². The second-order valence-corrected chi connectivity index (χ2v) is 8.80. The lowest BCUT2D eigenvalue weighted by Gasteiger charge is -2.21. The summed E-state index contributed by atoms with van der Waals surface area (Å²) >= 11 is 0. The van der Waals surface area contributed by atoms with Crippen molar-refractivity contribution >= 4 is 28.8 Å². The van der Waals surface area contributed by atoms with Crippen LogP contribution in [0.1, 0.15) is 63.2 Å². The number of hydrogen-bond donors (Lipinski definition) is 4. The predicted octanol–water partition coefficient (Wildman–Crippen LogP) is 3.47. The molecule has 8 heteroatoms. The maximum atomic E-state index is 12.8. The number of rotatable bonds is 4. The Morgan fingerprint density at radius 3 is 2.28 bits per heavy atom. The largest absolute Gasteiger partial charge is 0.455 e. The summed E-state index contributed by atoms with van der Waals surface area (Å²) < 4.78 is 10.7. The smallest absolute Gasteiger partial charge is 0.413 e. The number of nitrogens with two attached hydrogens (primary N) is 1. The number of ether oxygens (including phenoxy) is 2. The van der Waals surface area contributed by atoms with E-state index in [1.807, 2.05) is 18.2 Å². The van der Waals surface area contributed by atoms with Gasteiger partial charge < -0.3 is 20.2 Å². The Kier molecular flexibility index (Phi) is 6.37. The first-order valence-corrected chi connectivity index (χ1v) is 9.47. The Hall–Kier alpha value is -2.87. The number of amides is 1. The van der Waals surface area contributed by atoms with Crippen molar-refractivity contribution in [3.63, 3.8) is 0 Å². The zero-order chi connectivity index (χ0) is 22.0. The first-order chi connectivity index (χ1) is 13.3. The Morgan fingerprint density at radius 1 is 1.10 bits per heavy atom. The molecule has 0 saturated heterocycles. The van der Waals surface area contributed by atoms with Gasteiger partial charge in [-0.1, -0.05) is 6.07 Å². The number of fused-ring (bicyclic) bond motifs is 1. The molecule has 8 nitrogen and oxygen atoms in total. The highest BCUT2D eigenvalue weighted by Gasteiger charge is 2.27. The molecule has 0 fully saturated rings. The molecule has 0 spiro atoms. The van der Waals surface area contributed by atoms with E-state index < -0.39 is 23.3 Å². The van der Waals surface area contributed by atoms with E-state index in [-0.39, 0.29) is 17.1 Å². The van der Waals surface area contributed by atoms with E-state index in [1.54, 1.807) is 41.5 Å². The number of aromatic nitrogens is 1. The topological polar surface area (TPSA) is 130 Å². The molecule has 2 rings (SSSR count). The average Bonchev–Trinajstić information content (AvgIpc) is 2.90. The highest BCUT2D eigenvalue weighted by atomic mass is 16.6. The van der Waals surface area contributed by atoms with E-state index in [1.165, 1.54) is 0 Å². The molecule has 1 aromatic heterocycles. The van der Waals surface area contributed by atoms with Crippen molar-refractivity contribution in [2.45, 2.75) is 59.2 Å². The molecule has 29 heavy (non-hydrogen) atoms. The first-order valence-electron chi connectivity index (χ1n) is 9.47. The maximum Gasteiger partial charge on any atom is 0.413 e. The standard InChI is InChI=1S/C21H30N4O4/c1-20(2,3)28-18(26)16-15(17(23)25-19(27)29-21(4,5)6)13-11-12(9-10-22)7-8-14(13)24-16/h7-8,11,24H,9-10,22H2,1-6H3,(H2,23,25,27). The molecule has 0 aliphatic carbocycles. The summed E-state index contributed by atoms with van der Waals surface area (Å²) in [6.07, 6.45) is -0.125. The van der Waals surface area contributed by atoms with Crippen LogP contribution in [0.3, 0.4) is 0 Å². The van der Waals surface area contributed by atoms with Crippen molar-refractivity contribution < 1.29 is 19.1 Å². The Morgan fingerprint density at radius 2 is 1.72 bits per heavy atom. The number of carbonyl (C=O) groups excluding carboxylic acids is 2. The van der Waals surface area contributed by atoms with Gasteiger partial charge in [0.25, 0.3) is 0 Å². The number of aromatic amines is 1. The molecule has 0 saturated carbocycles. The monoisotopic (exact) mass is 402 g/mol. The van der Waals surface area contributed by atoms with Crippen molar-refractivity contribution in [1.82, 2.24) is 10.3 Å². The normalized spacial score (nSPS) is 12.0. The Bertz CT molecular complexity index is 933. The van der Waals surface area contributed by atoms with Crippen LogP contribution in [0.25, 0.3) is 10.9 Å². The summed E-state index contributed by atoms with van der Waals surface area (Å²) in [5, 5.41) is 11.5. The van der Waals surface area contributed by atoms with Gasteiger partial charge in [0.2, 0.25) is 0 Å². The van der Waals surface area contributed by atoms with Crippen LogP contribution in [0.15, 0.2) is 18.2 Å². The van der Waals surface area contributed by atoms with Crippen LogP contribution in [0.5, 0.6) is 0 Å². The van der Waals surface area contributed by atoms with Gasteiger partial charge in [0, 0.05) is 10.9 Å². The zero-order valence-corrected chi connectivity index (χ0v) is 17.9. The molecule has 1 amide bonds. The molecule has 5 N–H and O–H groups in total. The molecule has 0 unspecified atom stereocenters. The molecular formula is C21H30N4O4. The van der Waals surface area contributed by atoms with Crippen molar-refractivity contribution in [2.24, 2.45) is 5.73 Å². The summed E-state index contributed by atoms with van der Waals surface area (Å²) in [4.78, 5) is 27.9. The van der Waals surface area contributed by atoms with Crippen LogP contribution in [-0.4, -0.2) is 40.6 Å². The highest BCUT2D eigenvalue weighted by molar-refractivity contribution is 6.18. The minimum atomic E-state index is -0.773. The zero-order valence-electron chi connectivity index (χ0n) is 17.9. The predicted molar refractivity (Wildman–Crippen MR) is 112 cm³/mol. The fraction of sp³-hybridized carbons (Fsp3) is 0.476. The maximum absolute atomic E-state index is 12.8. The molecule has 0 atom stereocenters. The van der Waals surface area contributed by atoms with E-state index in [9.17, 15) is 9.59 Å². The van der Waals surface area contributed by atoms with E-state index in [2.05, 4.69) is 10.3 Å². The summed E-state index contributed by atoms with van der Waals surface area (Å²) in [5.41, 5.74) is 6.18. The second kappa shape index (κ2) is 8.24. The SMILES string of the molecule is CC(C)(C)OC(=O)NC(=N)c1c(C(=O)OC(C)(C)C)[nH]c2ccc(CCN)cc12. The average molecular weight is 402 g/mol. The third kappa shape index (κ3) is 6.05. The van der Waals surface area contributed by atoms with Gasteiger partial charge in [-0.05, 0) is 72.2 Å². The third-order valence-electron chi connectivity index (χ3n) is 3.77. The lowest BCUT2D eigenvalue weighted by molar-refractivity contribution is 0.00630. The second-order valence-electron chi connectivity index (χ2n) is 8.80. The molecule has 2 aromatic rings. The van der Waals surface area contributed by atoms with Crippen LogP contribution in [0.2, 0.25) is 0 Å². The number of benzene rings is 1. The number of alkyl carbamates (subject to hydrolysis) is 1. The number of hydrogen-bond acceptors (Lipinski definition) is 6. The van der Waals surface area contributed by atoms with E-state index in [4.69, 9.17) is 20.6 Å². The molecule has 0 aliphatic heterocycles. The summed E-state index contributed by atoms with van der Waals surface area (Å²) in [6.45, 7) is 10.9. The third-order valence-corrected chi connectivity index (χ3v) is 3.77. The van der Waals surface area contributed by atoms with Crippen LogP contribution >= 0.6 is 0 Å². The van der Waals surface area contributed by atoms with Crippen LogP contribution in [-0.2, 0) is 15.9 Å². The molecule has 1 aromatic carbocycles. The van der Waals surface area contributed by atoms with Crippen molar-refractivity contribution in [3.05, 3.63) is 35.0 Å². The summed E-state index contributed by atoms with van der Waals surface area (Å²) in [5.74, 6) is -0.865. The van der Waals surface area contributed by atoms with Crippen molar-refractivity contribution in [2.75, 3.05) is 6.54 Å². The van der Waals surface area contributed by atoms with Crippen LogP contribution in [0, 0.1) is 5.41 Å². The molecule has 1 heterocycles. The summed E-state index contributed by atoms with van der Waals surface area (Å²) in [7, 11) is 0. The number of amidine groups is 1. The molecule has 0 bridgehead atoms. The number of carbonyl (C=O) groups is 2. The van der Waals surface area contributed by atoms with Crippen LogP contribution in [0.4, 0.5) is 4.79 Å². The molecule has 0 radical (unpaired) electrons. The van der Waals surface area contributed by atoms with Gasteiger partial charge in [-0.15, -0.1) is 0 Å². The number of nitrogens with one attached hydrogen (secondary N) is 3. The van der Waals surface area contributed by atoms with Crippen molar-refractivity contribution in [3.8, 4) is 0 Å². The number of H-pyrrole nitrogens is 1. The molecule has 158 valence electrons. The minimum Gasteiger partial charge on any atom is -0.455 e. The Labute approximate surface area is 170 Å². The molecule has 0 aliphatic rings. The quantitative estimate of drug-likeness (QED) is 0.353. The minimum absolute atomic E-state index is 0.0980. The van der Waals surface area contributed by atoms with Gasteiger partial charge in [0.05, 0.1) is 5.56 Å². The fourth-order valence-electron chi connectivity index (χ4n) is 2.77. The highest BCUT2D eigenvalue weighted by Crippen LogP contribution is 2.26. The Balaban J connectivity index is 2.51. The first kappa shape index (κ1) is 22.4. The molecular weight excluding hydrogens is 372 g/mol. The van der Waals surface area contributed by atoms with E-state index >= 15 is 0 Å². The van der Waals surface area contributed by atoms with Crippen molar-refractivity contribution in [1.29, 1.82) is 5.41 Å². The van der Waals surface area contributed by atoms with Gasteiger partial charge in [0.1, 0.15) is 22.7 Å². The van der Waals surface area contributed by atoms with Gasteiger partial charge in [0.15, 0.2) is 0 Å². The van der Waals surface area contributed by atoms with Gasteiger partial charge in [-0.3, -0.25) is 10.7 Å². The fourth-order valence-corrected chi connectivity index (χ4v) is 2.77. The van der Waals surface area contributed by atoms with Gasteiger partial charge in [-0.25, -0.2) is 9.59 Å². The van der Waals surface area contributed by atoms with E-state index in [0.717, 1.165) is 5.56 Å². The lowest BCUT2D eigenvalue weighted by atomic mass is 10.0. The van der Waals surface area contributed by atoms with Gasteiger partial charge >= 0.3 is 12.1 Å². The number of esters is 1. The summed E-state index contributed by atoms with van der Waals surface area (Å²) in [6, 6.07) is 5.57.